The Morgan fingerprint density at radius 2 is 1.80 bits per heavy atom. The van der Waals surface area contributed by atoms with Gasteiger partial charge in [0.15, 0.2) is 0 Å². The SMILES string of the molecule is CSC1CCC(NS(=O)(=O)c2ccc(CO)cc2)CC1. The van der Waals surface area contributed by atoms with E-state index in [2.05, 4.69) is 11.0 Å². The number of nitrogens with one attached hydrogen (secondary N) is 1. The van der Waals surface area contributed by atoms with Gasteiger partial charge in [0.1, 0.15) is 0 Å². The van der Waals surface area contributed by atoms with Crippen LogP contribution in [-0.4, -0.2) is 31.1 Å². The Morgan fingerprint density at radius 1 is 1.20 bits per heavy atom. The fourth-order valence-corrected chi connectivity index (χ4v) is 4.53. The molecule has 112 valence electrons. The third-order valence-electron chi connectivity index (χ3n) is 3.75. The van der Waals surface area contributed by atoms with Crippen LogP contribution in [0.5, 0.6) is 0 Å². The molecule has 0 heterocycles. The molecule has 0 radical (unpaired) electrons. The minimum atomic E-state index is -3.45. The molecule has 0 spiro atoms. The molecule has 20 heavy (non-hydrogen) atoms. The first kappa shape index (κ1) is 15.8. The zero-order chi connectivity index (χ0) is 14.6. The van der Waals surface area contributed by atoms with Crippen LogP contribution in [0.15, 0.2) is 29.2 Å². The summed E-state index contributed by atoms with van der Waals surface area (Å²) in [6, 6.07) is 6.40. The van der Waals surface area contributed by atoms with Gasteiger partial charge < -0.3 is 5.11 Å². The maximum Gasteiger partial charge on any atom is 0.240 e. The number of aliphatic hydroxyl groups excluding tert-OH is 1. The Balaban J connectivity index is 2.00. The lowest BCUT2D eigenvalue weighted by Crippen LogP contribution is -2.38. The van der Waals surface area contributed by atoms with Gasteiger partial charge in [0, 0.05) is 11.3 Å². The Bertz CT molecular complexity index is 520. The standard InChI is InChI=1S/C14H21NO3S2/c1-19-13-6-4-12(5-7-13)15-20(17,18)14-8-2-11(10-16)3-9-14/h2-3,8-9,12-13,15-16H,4-7,10H2,1H3. The molecule has 1 aliphatic carbocycles. The number of sulfonamides is 1. The predicted octanol–water partition coefficient (Wildman–Crippen LogP) is 2.13. The van der Waals surface area contributed by atoms with Gasteiger partial charge in [-0.3, -0.25) is 0 Å². The van der Waals surface area contributed by atoms with Crippen LogP contribution in [0, 0.1) is 0 Å². The molecule has 2 rings (SSSR count). The molecule has 0 saturated heterocycles. The summed E-state index contributed by atoms with van der Waals surface area (Å²) in [5.74, 6) is 0. The summed E-state index contributed by atoms with van der Waals surface area (Å²) in [6.45, 7) is -0.0769. The molecule has 0 bridgehead atoms. The van der Waals surface area contributed by atoms with Crippen molar-refractivity contribution in [3.05, 3.63) is 29.8 Å². The molecule has 0 aromatic heterocycles. The first-order valence-corrected chi connectivity index (χ1v) is 9.57. The highest BCUT2D eigenvalue weighted by Crippen LogP contribution is 2.27. The van der Waals surface area contributed by atoms with Crippen molar-refractivity contribution in [2.75, 3.05) is 6.26 Å². The van der Waals surface area contributed by atoms with E-state index in [1.807, 2.05) is 11.8 Å². The molecule has 0 unspecified atom stereocenters. The Kier molecular flexibility index (Phi) is 5.49. The Morgan fingerprint density at radius 3 is 2.30 bits per heavy atom. The minimum absolute atomic E-state index is 0.0425. The van der Waals surface area contributed by atoms with Crippen LogP contribution in [0.1, 0.15) is 31.2 Å². The minimum Gasteiger partial charge on any atom is -0.392 e. The van der Waals surface area contributed by atoms with Crippen molar-refractivity contribution in [1.82, 2.24) is 4.72 Å². The van der Waals surface area contributed by atoms with Crippen LogP contribution in [0.3, 0.4) is 0 Å². The van der Waals surface area contributed by atoms with Crippen molar-refractivity contribution in [3.8, 4) is 0 Å². The van der Waals surface area contributed by atoms with E-state index in [4.69, 9.17) is 5.11 Å². The average molecular weight is 315 g/mol. The van der Waals surface area contributed by atoms with Crippen molar-refractivity contribution in [2.24, 2.45) is 0 Å². The third-order valence-corrected chi connectivity index (χ3v) is 6.42. The van der Waals surface area contributed by atoms with Gasteiger partial charge in [-0.25, -0.2) is 13.1 Å². The molecule has 1 aliphatic rings. The predicted molar refractivity (Wildman–Crippen MR) is 82.2 cm³/mol. The highest BCUT2D eigenvalue weighted by molar-refractivity contribution is 7.99. The van der Waals surface area contributed by atoms with E-state index in [1.54, 1.807) is 24.3 Å². The number of hydrogen-bond donors (Lipinski definition) is 2. The second-order valence-corrected chi connectivity index (χ2v) is 7.98. The van der Waals surface area contributed by atoms with Crippen LogP contribution < -0.4 is 4.72 Å². The van der Waals surface area contributed by atoms with Crippen LogP contribution in [0.2, 0.25) is 0 Å². The van der Waals surface area contributed by atoms with Crippen LogP contribution in [-0.2, 0) is 16.6 Å². The van der Waals surface area contributed by atoms with Gasteiger partial charge in [0.2, 0.25) is 10.0 Å². The number of benzene rings is 1. The van der Waals surface area contributed by atoms with Crippen LogP contribution in [0.25, 0.3) is 0 Å². The summed E-state index contributed by atoms with van der Waals surface area (Å²) in [7, 11) is -3.45. The molecule has 1 saturated carbocycles. The summed E-state index contributed by atoms with van der Waals surface area (Å²) in [5, 5.41) is 9.64. The maximum atomic E-state index is 12.3. The lowest BCUT2D eigenvalue weighted by molar-refractivity contribution is 0.282. The Labute approximate surface area is 125 Å². The molecule has 1 fully saturated rings. The number of rotatable bonds is 5. The second-order valence-electron chi connectivity index (χ2n) is 5.13. The normalized spacial score (nSPS) is 23.7. The Hall–Kier alpha value is -0.560. The van der Waals surface area contributed by atoms with E-state index in [0.29, 0.717) is 10.8 Å². The van der Waals surface area contributed by atoms with Gasteiger partial charge in [-0.15, -0.1) is 0 Å². The molecule has 1 aromatic rings. The lowest BCUT2D eigenvalue weighted by atomic mass is 9.96. The van der Waals surface area contributed by atoms with Crippen molar-refractivity contribution < 1.29 is 13.5 Å². The topological polar surface area (TPSA) is 66.4 Å². The van der Waals surface area contributed by atoms with Gasteiger partial charge in [0.05, 0.1) is 11.5 Å². The molecule has 2 N–H and O–H groups in total. The van der Waals surface area contributed by atoms with Crippen LogP contribution >= 0.6 is 11.8 Å². The van der Waals surface area contributed by atoms with Crippen molar-refractivity contribution in [3.63, 3.8) is 0 Å². The highest BCUT2D eigenvalue weighted by Gasteiger charge is 2.25. The number of aliphatic hydroxyl groups is 1. The molecule has 0 atom stereocenters. The molecule has 0 aliphatic heterocycles. The van der Waals surface area contributed by atoms with E-state index in [1.165, 1.54) is 0 Å². The van der Waals surface area contributed by atoms with Gasteiger partial charge in [-0.1, -0.05) is 12.1 Å². The first-order chi connectivity index (χ1) is 9.55. The highest BCUT2D eigenvalue weighted by atomic mass is 32.2. The second kappa shape index (κ2) is 6.93. The van der Waals surface area contributed by atoms with E-state index in [-0.39, 0.29) is 17.5 Å². The first-order valence-electron chi connectivity index (χ1n) is 6.80. The molecular formula is C14H21NO3S2. The average Bonchev–Trinajstić information content (AvgIpc) is 2.48. The zero-order valence-electron chi connectivity index (χ0n) is 11.6. The summed E-state index contributed by atoms with van der Waals surface area (Å²) >= 11 is 1.87. The van der Waals surface area contributed by atoms with Crippen molar-refractivity contribution >= 4 is 21.8 Å². The van der Waals surface area contributed by atoms with Gasteiger partial charge in [-0.2, -0.15) is 11.8 Å². The molecule has 0 amide bonds. The summed E-state index contributed by atoms with van der Waals surface area (Å²) in [6.07, 6.45) is 6.05. The number of hydrogen-bond acceptors (Lipinski definition) is 4. The van der Waals surface area contributed by atoms with Gasteiger partial charge in [0.25, 0.3) is 0 Å². The van der Waals surface area contributed by atoms with E-state index in [0.717, 1.165) is 25.7 Å². The smallest absolute Gasteiger partial charge is 0.240 e. The van der Waals surface area contributed by atoms with Crippen LogP contribution in [0.4, 0.5) is 0 Å². The van der Waals surface area contributed by atoms with E-state index < -0.39 is 10.0 Å². The van der Waals surface area contributed by atoms with E-state index in [9.17, 15) is 8.42 Å². The molecular weight excluding hydrogens is 294 g/mol. The monoisotopic (exact) mass is 315 g/mol. The quantitative estimate of drug-likeness (QED) is 0.873. The third kappa shape index (κ3) is 3.97. The molecule has 4 nitrogen and oxygen atoms in total. The summed E-state index contributed by atoms with van der Waals surface area (Å²) in [4.78, 5) is 0.265. The lowest BCUT2D eigenvalue weighted by Gasteiger charge is -2.27. The maximum absolute atomic E-state index is 12.3. The molecule has 6 heteroatoms. The van der Waals surface area contributed by atoms with Crippen molar-refractivity contribution in [1.29, 1.82) is 0 Å². The summed E-state index contributed by atoms with van der Waals surface area (Å²) < 4.78 is 27.3. The zero-order valence-corrected chi connectivity index (χ0v) is 13.2. The van der Waals surface area contributed by atoms with E-state index >= 15 is 0 Å². The fraction of sp³-hybridized carbons (Fsp3) is 0.571. The summed E-state index contributed by atoms with van der Waals surface area (Å²) in [5.41, 5.74) is 0.712. The van der Waals surface area contributed by atoms with Crippen molar-refractivity contribution in [2.45, 2.75) is 48.5 Å². The fourth-order valence-electron chi connectivity index (χ4n) is 2.48. The molecule has 1 aromatic carbocycles. The number of thioether (sulfide) groups is 1. The van der Waals surface area contributed by atoms with Gasteiger partial charge >= 0.3 is 0 Å². The largest absolute Gasteiger partial charge is 0.392 e. The van der Waals surface area contributed by atoms with Gasteiger partial charge in [-0.05, 0) is 49.6 Å².